The summed E-state index contributed by atoms with van der Waals surface area (Å²) in [7, 11) is 0. The van der Waals surface area contributed by atoms with Crippen molar-refractivity contribution in [3.8, 4) is 11.5 Å². The van der Waals surface area contributed by atoms with Crippen LogP contribution in [-0.2, 0) is 0 Å². The van der Waals surface area contributed by atoms with Crippen LogP contribution in [0.2, 0.25) is 0 Å². The largest absolute Gasteiger partial charge is 0.454 e. The number of halogens is 2. The third-order valence-corrected chi connectivity index (χ3v) is 2.30. The fourth-order valence-electron chi connectivity index (χ4n) is 1.37. The molecule has 0 atom stereocenters. The van der Waals surface area contributed by atoms with Crippen molar-refractivity contribution in [2.75, 3.05) is 0 Å². The van der Waals surface area contributed by atoms with E-state index in [1.54, 1.807) is 6.07 Å². The van der Waals surface area contributed by atoms with Crippen LogP contribution in [0.15, 0.2) is 36.4 Å². The first-order valence-corrected chi connectivity index (χ1v) is 5.22. The van der Waals surface area contributed by atoms with Gasteiger partial charge in [-0.05, 0) is 37.3 Å². The Morgan fingerprint density at radius 3 is 2.56 bits per heavy atom. The van der Waals surface area contributed by atoms with Crippen LogP contribution < -0.4 is 4.74 Å². The highest BCUT2D eigenvalue weighted by Crippen LogP contribution is 2.24. The van der Waals surface area contributed by atoms with Gasteiger partial charge in [0.1, 0.15) is 11.6 Å². The molecule has 91 valence electrons. The number of carbonyl (C=O) groups excluding carboxylic acids is 1. The molecular weight excluding hydrogens is 238 g/mol. The minimum Gasteiger partial charge on any atom is -0.454 e. The van der Waals surface area contributed by atoms with Crippen molar-refractivity contribution in [2.45, 2.75) is 6.92 Å². The van der Waals surface area contributed by atoms with Crippen LogP contribution in [-0.4, -0.2) is 5.78 Å². The van der Waals surface area contributed by atoms with E-state index >= 15 is 0 Å². The molecule has 2 aromatic rings. The Labute approximate surface area is 103 Å². The topological polar surface area (TPSA) is 26.3 Å². The molecular formula is C14H9F2O2. The van der Waals surface area contributed by atoms with Gasteiger partial charge in [-0.1, -0.05) is 0 Å². The lowest BCUT2D eigenvalue weighted by Gasteiger charge is -2.06. The number of hydrogen-bond donors (Lipinski definition) is 0. The molecule has 0 aromatic heterocycles. The van der Waals surface area contributed by atoms with Crippen molar-refractivity contribution in [3.05, 3.63) is 59.7 Å². The molecule has 1 radical (unpaired) electrons. The molecule has 0 heterocycles. The molecule has 0 fully saturated rings. The second-order valence-corrected chi connectivity index (χ2v) is 3.67. The molecule has 0 amide bonds. The average Bonchev–Trinajstić information content (AvgIpc) is 2.33. The summed E-state index contributed by atoms with van der Waals surface area (Å²) in [4.78, 5) is 11.0. The third-order valence-electron chi connectivity index (χ3n) is 2.30. The van der Waals surface area contributed by atoms with Crippen LogP contribution in [0, 0.1) is 17.7 Å². The highest BCUT2D eigenvalue weighted by molar-refractivity contribution is 5.94. The van der Waals surface area contributed by atoms with Gasteiger partial charge in [-0.3, -0.25) is 4.79 Å². The summed E-state index contributed by atoms with van der Waals surface area (Å²) in [5.41, 5.74) is 0.488. The van der Waals surface area contributed by atoms with Gasteiger partial charge in [0.15, 0.2) is 17.3 Å². The second-order valence-electron chi connectivity index (χ2n) is 3.67. The van der Waals surface area contributed by atoms with Crippen LogP contribution in [0.5, 0.6) is 11.5 Å². The maximum absolute atomic E-state index is 13.3. The smallest absolute Gasteiger partial charge is 0.168 e. The van der Waals surface area contributed by atoms with Gasteiger partial charge in [-0.25, -0.2) is 8.78 Å². The quantitative estimate of drug-likeness (QED) is 0.772. The predicted octanol–water partition coefficient (Wildman–Crippen LogP) is 3.76. The van der Waals surface area contributed by atoms with E-state index in [-0.39, 0.29) is 17.3 Å². The van der Waals surface area contributed by atoms with E-state index in [2.05, 4.69) is 6.07 Å². The number of benzene rings is 2. The zero-order valence-corrected chi connectivity index (χ0v) is 9.54. The van der Waals surface area contributed by atoms with Gasteiger partial charge >= 0.3 is 0 Å². The van der Waals surface area contributed by atoms with Crippen molar-refractivity contribution < 1.29 is 18.3 Å². The van der Waals surface area contributed by atoms with Crippen molar-refractivity contribution in [3.63, 3.8) is 0 Å². The summed E-state index contributed by atoms with van der Waals surface area (Å²) in [6.45, 7) is 1.43. The van der Waals surface area contributed by atoms with Crippen LogP contribution in [0.3, 0.4) is 0 Å². The Kier molecular flexibility index (Phi) is 3.37. The van der Waals surface area contributed by atoms with E-state index in [1.165, 1.54) is 25.1 Å². The molecule has 2 aromatic carbocycles. The number of ketones is 1. The average molecular weight is 247 g/mol. The van der Waals surface area contributed by atoms with Gasteiger partial charge in [-0.15, -0.1) is 0 Å². The normalized spacial score (nSPS) is 10.2. The first kappa shape index (κ1) is 12.2. The molecule has 0 saturated carbocycles. The Bertz CT molecular complexity index is 577. The number of hydrogen-bond acceptors (Lipinski definition) is 2. The van der Waals surface area contributed by atoms with E-state index in [1.807, 2.05) is 0 Å². The summed E-state index contributed by atoms with van der Waals surface area (Å²) in [6, 6.07) is 10.2. The second kappa shape index (κ2) is 4.96. The molecule has 0 unspecified atom stereocenters. The van der Waals surface area contributed by atoms with Gasteiger partial charge in [0.05, 0.1) is 0 Å². The molecule has 2 nitrogen and oxygen atoms in total. The Morgan fingerprint density at radius 2 is 2.00 bits per heavy atom. The van der Waals surface area contributed by atoms with Gasteiger partial charge in [0.25, 0.3) is 0 Å². The molecule has 4 heteroatoms. The summed E-state index contributed by atoms with van der Waals surface area (Å²) in [6.07, 6.45) is 0. The van der Waals surface area contributed by atoms with Gasteiger partial charge in [0, 0.05) is 17.7 Å². The summed E-state index contributed by atoms with van der Waals surface area (Å²) < 4.78 is 31.2. The molecule has 0 saturated heterocycles. The predicted molar refractivity (Wildman–Crippen MR) is 61.7 cm³/mol. The maximum Gasteiger partial charge on any atom is 0.168 e. The lowest BCUT2D eigenvalue weighted by atomic mass is 10.1. The zero-order valence-electron chi connectivity index (χ0n) is 9.54. The fourth-order valence-corrected chi connectivity index (χ4v) is 1.37. The molecule has 0 spiro atoms. The monoisotopic (exact) mass is 247 g/mol. The summed E-state index contributed by atoms with van der Waals surface area (Å²) in [5, 5.41) is 0. The fraction of sp³-hybridized carbons (Fsp3) is 0.0714. The number of carbonyl (C=O) groups is 1. The number of Topliss-reactive ketones (excluding diaryl/α,β-unsaturated/α-hetero) is 1. The standard InChI is InChI=1S/C14H9F2O2/c1-9(17)10-2-5-12(6-3-10)18-14-7-4-11(15)8-13(14)16/h2-5,7-8H,1H3. The highest BCUT2D eigenvalue weighted by Gasteiger charge is 2.07. The van der Waals surface area contributed by atoms with E-state index in [9.17, 15) is 13.6 Å². The molecule has 0 aliphatic rings. The van der Waals surface area contributed by atoms with E-state index < -0.39 is 11.6 Å². The van der Waals surface area contributed by atoms with Crippen LogP contribution in [0.1, 0.15) is 17.3 Å². The molecule has 0 aliphatic heterocycles. The lowest BCUT2D eigenvalue weighted by Crippen LogP contribution is -1.93. The van der Waals surface area contributed by atoms with Crippen molar-refractivity contribution in [1.29, 1.82) is 0 Å². The first-order valence-electron chi connectivity index (χ1n) is 5.22. The van der Waals surface area contributed by atoms with Gasteiger partial charge in [0.2, 0.25) is 0 Å². The SMILES string of the molecule is CC(=O)c1c[c]c(Oc2ccc(F)cc2F)cc1. The number of ether oxygens (including phenoxy) is 1. The molecule has 2 rings (SSSR count). The Balaban J connectivity index is 2.21. The third kappa shape index (κ3) is 2.71. The molecule has 0 bridgehead atoms. The maximum atomic E-state index is 13.3. The van der Waals surface area contributed by atoms with E-state index in [0.717, 1.165) is 12.1 Å². The van der Waals surface area contributed by atoms with E-state index in [0.29, 0.717) is 5.56 Å². The van der Waals surface area contributed by atoms with Crippen molar-refractivity contribution in [1.82, 2.24) is 0 Å². The van der Waals surface area contributed by atoms with Crippen molar-refractivity contribution >= 4 is 5.78 Å². The van der Waals surface area contributed by atoms with Gasteiger partial charge < -0.3 is 4.74 Å². The minimum absolute atomic E-state index is 0.0919. The molecule has 18 heavy (non-hydrogen) atoms. The zero-order chi connectivity index (χ0) is 13.1. The molecule has 0 N–H and O–H groups in total. The summed E-state index contributed by atoms with van der Waals surface area (Å²) >= 11 is 0. The Hall–Kier alpha value is -2.23. The number of rotatable bonds is 3. The summed E-state index contributed by atoms with van der Waals surface area (Å²) in [5.74, 6) is -1.39. The first-order chi connectivity index (χ1) is 8.56. The van der Waals surface area contributed by atoms with Crippen LogP contribution in [0.25, 0.3) is 0 Å². The van der Waals surface area contributed by atoms with Gasteiger partial charge in [-0.2, -0.15) is 0 Å². The van der Waals surface area contributed by atoms with E-state index in [4.69, 9.17) is 4.74 Å². The Morgan fingerprint density at radius 1 is 1.22 bits per heavy atom. The van der Waals surface area contributed by atoms with Crippen LogP contribution >= 0.6 is 0 Å². The minimum atomic E-state index is -0.793. The highest BCUT2D eigenvalue weighted by atomic mass is 19.1. The molecule has 0 aliphatic carbocycles. The van der Waals surface area contributed by atoms with Crippen LogP contribution in [0.4, 0.5) is 8.78 Å². The van der Waals surface area contributed by atoms with Crippen molar-refractivity contribution in [2.24, 2.45) is 0 Å². The lowest BCUT2D eigenvalue weighted by molar-refractivity contribution is 0.101.